The van der Waals surface area contributed by atoms with E-state index in [1.165, 1.54) is 0 Å². The van der Waals surface area contributed by atoms with E-state index in [1.54, 1.807) is 17.8 Å². The molecule has 0 amide bonds. The van der Waals surface area contributed by atoms with E-state index in [0.717, 1.165) is 0 Å². The molecule has 1 aromatic rings. The lowest BCUT2D eigenvalue weighted by Crippen LogP contribution is -2.55. The van der Waals surface area contributed by atoms with Crippen LogP contribution in [0.3, 0.4) is 0 Å². The Bertz CT molecular complexity index is 409. The summed E-state index contributed by atoms with van der Waals surface area (Å²) in [7, 11) is 1.74. The largest absolute Gasteiger partial charge is 0.481 e. The standard InChI is InChI=1S/C9H12BrN3O2/c1-13-6(2-7(10)12-13)9(8(14)15)3-5(11)4-9/h2,5H,3-4,11H2,1H3,(H,14,15). The molecule has 0 saturated heterocycles. The first-order valence-electron chi connectivity index (χ1n) is 4.65. The summed E-state index contributed by atoms with van der Waals surface area (Å²) in [5, 5.41) is 13.4. The van der Waals surface area contributed by atoms with Crippen molar-refractivity contribution >= 4 is 21.9 Å². The van der Waals surface area contributed by atoms with Crippen molar-refractivity contribution in [3.8, 4) is 0 Å². The summed E-state index contributed by atoms with van der Waals surface area (Å²) in [5.41, 5.74) is 5.55. The van der Waals surface area contributed by atoms with Gasteiger partial charge in [0.2, 0.25) is 0 Å². The normalized spacial score (nSPS) is 29.9. The highest BCUT2D eigenvalue weighted by Crippen LogP contribution is 2.43. The van der Waals surface area contributed by atoms with Gasteiger partial charge in [-0.1, -0.05) is 0 Å². The fourth-order valence-electron chi connectivity index (χ4n) is 2.21. The molecule has 6 heteroatoms. The molecule has 15 heavy (non-hydrogen) atoms. The van der Waals surface area contributed by atoms with Crippen molar-refractivity contribution in [2.45, 2.75) is 24.3 Å². The molecule has 1 aliphatic carbocycles. The SMILES string of the molecule is Cn1nc(Br)cc1C1(C(=O)O)CC(N)C1. The first-order valence-corrected chi connectivity index (χ1v) is 5.44. The molecule has 1 aliphatic rings. The Morgan fingerprint density at radius 1 is 1.80 bits per heavy atom. The third kappa shape index (κ3) is 1.48. The van der Waals surface area contributed by atoms with Crippen molar-refractivity contribution in [2.75, 3.05) is 0 Å². The van der Waals surface area contributed by atoms with Crippen LogP contribution >= 0.6 is 15.9 Å². The molecule has 1 heterocycles. The fraction of sp³-hybridized carbons (Fsp3) is 0.556. The van der Waals surface area contributed by atoms with E-state index < -0.39 is 11.4 Å². The number of nitrogens with zero attached hydrogens (tertiary/aromatic N) is 2. The smallest absolute Gasteiger partial charge is 0.315 e. The highest BCUT2D eigenvalue weighted by molar-refractivity contribution is 9.10. The molecule has 3 N–H and O–H groups in total. The highest BCUT2D eigenvalue weighted by atomic mass is 79.9. The fourth-order valence-corrected chi connectivity index (χ4v) is 2.66. The second-order valence-electron chi connectivity index (χ2n) is 4.03. The minimum atomic E-state index is -0.840. The number of halogens is 1. The Labute approximate surface area is 95.4 Å². The molecular weight excluding hydrogens is 262 g/mol. The quantitative estimate of drug-likeness (QED) is 0.828. The van der Waals surface area contributed by atoms with Crippen LogP contribution in [0.15, 0.2) is 10.7 Å². The zero-order valence-corrected chi connectivity index (χ0v) is 9.86. The lowest BCUT2D eigenvalue weighted by Gasteiger charge is -2.42. The van der Waals surface area contributed by atoms with Crippen LogP contribution in [0.1, 0.15) is 18.5 Å². The van der Waals surface area contributed by atoms with E-state index in [9.17, 15) is 9.90 Å². The van der Waals surface area contributed by atoms with Gasteiger partial charge in [-0.25, -0.2) is 0 Å². The molecule has 82 valence electrons. The van der Waals surface area contributed by atoms with Gasteiger partial charge in [0.05, 0.1) is 5.69 Å². The van der Waals surface area contributed by atoms with E-state index >= 15 is 0 Å². The van der Waals surface area contributed by atoms with E-state index in [2.05, 4.69) is 21.0 Å². The molecule has 0 atom stereocenters. The molecule has 2 rings (SSSR count). The van der Waals surface area contributed by atoms with Gasteiger partial charge in [0.1, 0.15) is 10.0 Å². The summed E-state index contributed by atoms with van der Waals surface area (Å²) in [4.78, 5) is 11.3. The Kier molecular flexibility index (Phi) is 2.35. The number of carboxylic acid groups (broad SMARTS) is 1. The number of aryl methyl sites for hydroxylation is 1. The maximum absolute atomic E-state index is 11.3. The van der Waals surface area contributed by atoms with Gasteiger partial charge in [0, 0.05) is 13.1 Å². The van der Waals surface area contributed by atoms with Crippen LogP contribution in [-0.2, 0) is 17.3 Å². The number of carboxylic acids is 1. The number of nitrogens with two attached hydrogens (primary N) is 1. The third-order valence-electron chi connectivity index (χ3n) is 2.97. The van der Waals surface area contributed by atoms with Gasteiger partial charge in [-0.05, 0) is 34.8 Å². The summed E-state index contributed by atoms with van der Waals surface area (Å²) in [6, 6.07) is 1.73. The van der Waals surface area contributed by atoms with E-state index in [-0.39, 0.29) is 6.04 Å². The summed E-state index contributed by atoms with van der Waals surface area (Å²) in [6.45, 7) is 0. The second-order valence-corrected chi connectivity index (χ2v) is 4.84. The van der Waals surface area contributed by atoms with Gasteiger partial charge in [-0.15, -0.1) is 0 Å². The first kappa shape index (κ1) is 10.6. The molecule has 0 bridgehead atoms. The zero-order valence-electron chi connectivity index (χ0n) is 8.27. The van der Waals surface area contributed by atoms with Crippen molar-refractivity contribution < 1.29 is 9.90 Å². The number of rotatable bonds is 2. The lowest BCUT2D eigenvalue weighted by molar-refractivity contribution is -0.148. The zero-order chi connectivity index (χ0) is 11.2. The predicted octanol–water partition coefficient (Wildman–Crippen LogP) is 0.626. The molecule has 1 aromatic heterocycles. The minimum Gasteiger partial charge on any atom is -0.481 e. The molecular formula is C9H12BrN3O2. The number of hydrogen-bond acceptors (Lipinski definition) is 3. The van der Waals surface area contributed by atoms with Crippen LogP contribution in [0.25, 0.3) is 0 Å². The number of hydrogen-bond donors (Lipinski definition) is 2. The van der Waals surface area contributed by atoms with Crippen molar-refractivity contribution in [2.24, 2.45) is 12.8 Å². The number of aliphatic carboxylic acids is 1. The molecule has 0 aromatic carbocycles. The van der Waals surface area contributed by atoms with Crippen molar-refractivity contribution in [1.82, 2.24) is 9.78 Å². The Hall–Kier alpha value is -0.880. The maximum atomic E-state index is 11.3. The summed E-state index contributed by atoms with van der Waals surface area (Å²) in [5.74, 6) is -0.820. The summed E-state index contributed by atoms with van der Waals surface area (Å²) in [6.07, 6.45) is 0.961. The van der Waals surface area contributed by atoms with E-state index in [0.29, 0.717) is 23.1 Å². The van der Waals surface area contributed by atoms with E-state index in [4.69, 9.17) is 5.73 Å². The third-order valence-corrected chi connectivity index (χ3v) is 3.36. The summed E-state index contributed by atoms with van der Waals surface area (Å²) >= 11 is 3.24. The van der Waals surface area contributed by atoms with Crippen LogP contribution in [0.4, 0.5) is 0 Å². The lowest BCUT2D eigenvalue weighted by atomic mass is 9.63. The average Bonchev–Trinajstić information content (AvgIpc) is 2.39. The first-order chi connectivity index (χ1) is 6.95. The molecule has 1 fully saturated rings. The molecule has 1 saturated carbocycles. The van der Waals surface area contributed by atoms with Crippen molar-refractivity contribution in [3.05, 3.63) is 16.4 Å². The van der Waals surface area contributed by atoms with Gasteiger partial charge in [-0.3, -0.25) is 9.48 Å². The van der Waals surface area contributed by atoms with Crippen LogP contribution in [0.5, 0.6) is 0 Å². The van der Waals surface area contributed by atoms with Gasteiger partial charge < -0.3 is 10.8 Å². The van der Waals surface area contributed by atoms with Crippen LogP contribution in [0, 0.1) is 0 Å². The second kappa shape index (κ2) is 3.31. The monoisotopic (exact) mass is 273 g/mol. The Morgan fingerprint density at radius 2 is 2.40 bits per heavy atom. The Morgan fingerprint density at radius 3 is 2.73 bits per heavy atom. The van der Waals surface area contributed by atoms with Gasteiger partial charge in [0.25, 0.3) is 0 Å². The van der Waals surface area contributed by atoms with Crippen LogP contribution in [0.2, 0.25) is 0 Å². The van der Waals surface area contributed by atoms with Crippen LogP contribution < -0.4 is 5.73 Å². The molecule has 0 aliphatic heterocycles. The van der Waals surface area contributed by atoms with Crippen LogP contribution in [-0.4, -0.2) is 26.9 Å². The number of carbonyl (C=O) groups is 1. The van der Waals surface area contributed by atoms with Crippen molar-refractivity contribution in [1.29, 1.82) is 0 Å². The maximum Gasteiger partial charge on any atom is 0.315 e. The van der Waals surface area contributed by atoms with Crippen molar-refractivity contribution in [3.63, 3.8) is 0 Å². The molecule has 5 nitrogen and oxygen atoms in total. The van der Waals surface area contributed by atoms with Gasteiger partial charge >= 0.3 is 5.97 Å². The highest BCUT2D eigenvalue weighted by Gasteiger charge is 2.52. The van der Waals surface area contributed by atoms with Gasteiger partial charge in [-0.2, -0.15) is 5.10 Å². The molecule has 0 radical (unpaired) electrons. The van der Waals surface area contributed by atoms with Gasteiger partial charge in [0.15, 0.2) is 0 Å². The average molecular weight is 274 g/mol. The predicted molar refractivity (Wildman–Crippen MR) is 57.4 cm³/mol. The molecule has 0 unspecified atom stereocenters. The topological polar surface area (TPSA) is 81.1 Å². The number of aromatic nitrogens is 2. The Balaban J connectivity index is 2.43. The molecule has 0 spiro atoms. The summed E-state index contributed by atoms with van der Waals surface area (Å²) < 4.78 is 2.26. The van der Waals surface area contributed by atoms with E-state index in [1.807, 2.05) is 0 Å². The minimum absolute atomic E-state index is 0.0187.